The Morgan fingerprint density at radius 1 is 1.54 bits per heavy atom. The molecule has 76 valence electrons. The average Bonchev–Trinajstić information content (AvgIpc) is 2.16. The fourth-order valence-corrected chi connectivity index (χ4v) is 2.14. The Bertz CT molecular complexity index is 165. The minimum Gasteiger partial charge on any atom is -0.330 e. The van der Waals surface area contributed by atoms with Crippen LogP contribution in [0.1, 0.15) is 26.7 Å². The van der Waals surface area contributed by atoms with Crippen LogP contribution in [0.3, 0.4) is 0 Å². The monoisotopic (exact) mass is 182 g/mol. The summed E-state index contributed by atoms with van der Waals surface area (Å²) in [4.78, 5) is 2.51. The number of piperidine rings is 1. The standard InChI is InChI=1S/C11H22N2/c1-4-11-6-5-10(7-12)8-13(11)9(2)3/h4,9-11H,1,5-8,12H2,2-3H3/t10-,11-/m0/s1. The Kier molecular flexibility index (Phi) is 3.94. The molecule has 1 aliphatic rings. The Balaban J connectivity index is 2.57. The zero-order chi connectivity index (χ0) is 9.84. The molecule has 0 unspecified atom stereocenters. The zero-order valence-corrected chi connectivity index (χ0v) is 8.87. The third-order valence-electron chi connectivity index (χ3n) is 3.03. The average molecular weight is 182 g/mol. The topological polar surface area (TPSA) is 29.3 Å². The van der Waals surface area contributed by atoms with E-state index in [1.807, 2.05) is 0 Å². The second kappa shape index (κ2) is 4.77. The van der Waals surface area contributed by atoms with Crippen LogP contribution in [-0.4, -0.2) is 30.1 Å². The first kappa shape index (κ1) is 10.7. The first-order valence-corrected chi connectivity index (χ1v) is 5.27. The van der Waals surface area contributed by atoms with Crippen molar-refractivity contribution in [2.75, 3.05) is 13.1 Å². The van der Waals surface area contributed by atoms with Crippen molar-refractivity contribution in [1.29, 1.82) is 0 Å². The maximum atomic E-state index is 5.70. The van der Waals surface area contributed by atoms with Gasteiger partial charge in [-0.15, -0.1) is 6.58 Å². The largest absolute Gasteiger partial charge is 0.330 e. The summed E-state index contributed by atoms with van der Waals surface area (Å²) in [6.45, 7) is 10.4. The van der Waals surface area contributed by atoms with E-state index in [2.05, 4.69) is 31.4 Å². The highest BCUT2D eigenvalue weighted by molar-refractivity contribution is 4.93. The van der Waals surface area contributed by atoms with Gasteiger partial charge in [-0.05, 0) is 39.2 Å². The molecule has 1 rings (SSSR count). The normalized spacial score (nSPS) is 30.8. The number of likely N-dealkylation sites (tertiary alicyclic amines) is 1. The van der Waals surface area contributed by atoms with Gasteiger partial charge in [0.15, 0.2) is 0 Å². The smallest absolute Gasteiger partial charge is 0.0278 e. The molecular weight excluding hydrogens is 160 g/mol. The molecule has 0 saturated carbocycles. The number of nitrogens with zero attached hydrogens (tertiary/aromatic N) is 1. The minimum absolute atomic E-state index is 0.572. The van der Waals surface area contributed by atoms with E-state index in [-0.39, 0.29) is 0 Å². The van der Waals surface area contributed by atoms with Gasteiger partial charge in [0.1, 0.15) is 0 Å². The molecule has 2 N–H and O–H groups in total. The van der Waals surface area contributed by atoms with Crippen LogP contribution in [0.15, 0.2) is 12.7 Å². The van der Waals surface area contributed by atoms with Gasteiger partial charge in [0, 0.05) is 18.6 Å². The van der Waals surface area contributed by atoms with Crippen LogP contribution < -0.4 is 5.73 Å². The highest BCUT2D eigenvalue weighted by Crippen LogP contribution is 2.23. The maximum absolute atomic E-state index is 5.70. The highest BCUT2D eigenvalue weighted by Gasteiger charge is 2.26. The Morgan fingerprint density at radius 2 is 2.23 bits per heavy atom. The van der Waals surface area contributed by atoms with Gasteiger partial charge in [0.25, 0.3) is 0 Å². The van der Waals surface area contributed by atoms with Crippen LogP contribution in [0.5, 0.6) is 0 Å². The quantitative estimate of drug-likeness (QED) is 0.672. The molecule has 0 spiro atoms. The van der Waals surface area contributed by atoms with Gasteiger partial charge in [-0.2, -0.15) is 0 Å². The van der Waals surface area contributed by atoms with E-state index in [4.69, 9.17) is 5.73 Å². The van der Waals surface area contributed by atoms with Crippen LogP contribution in [0.2, 0.25) is 0 Å². The van der Waals surface area contributed by atoms with Crippen molar-refractivity contribution in [3.8, 4) is 0 Å². The number of hydrogen-bond donors (Lipinski definition) is 1. The van der Waals surface area contributed by atoms with Crippen LogP contribution in [0.25, 0.3) is 0 Å². The second-order valence-electron chi connectivity index (χ2n) is 4.27. The van der Waals surface area contributed by atoms with E-state index >= 15 is 0 Å². The molecule has 2 heteroatoms. The predicted molar refractivity (Wildman–Crippen MR) is 57.6 cm³/mol. The third kappa shape index (κ3) is 2.55. The first-order chi connectivity index (χ1) is 6.19. The van der Waals surface area contributed by atoms with E-state index in [0.717, 1.165) is 13.1 Å². The molecule has 1 heterocycles. The molecule has 2 nitrogen and oxygen atoms in total. The number of nitrogens with two attached hydrogens (primary N) is 1. The van der Waals surface area contributed by atoms with Crippen molar-refractivity contribution in [2.24, 2.45) is 11.7 Å². The van der Waals surface area contributed by atoms with Crippen LogP contribution in [0.4, 0.5) is 0 Å². The summed E-state index contributed by atoms with van der Waals surface area (Å²) in [5, 5.41) is 0. The molecule has 13 heavy (non-hydrogen) atoms. The van der Waals surface area contributed by atoms with Crippen molar-refractivity contribution in [3.05, 3.63) is 12.7 Å². The molecule has 2 atom stereocenters. The molecular formula is C11H22N2. The van der Waals surface area contributed by atoms with Gasteiger partial charge in [0.2, 0.25) is 0 Å². The zero-order valence-electron chi connectivity index (χ0n) is 8.87. The summed E-state index contributed by atoms with van der Waals surface area (Å²) in [5.41, 5.74) is 5.70. The molecule has 0 bridgehead atoms. The summed E-state index contributed by atoms with van der Waals surface area (Å²) in [5.74, 6) is 0.693. The summed E-state index contributed by atoms with van der Waals surface area (Å²) in [7, 11) is 0. The van der Waals surface area contributed by atoms with Gasteiger partial charge in [-0.1, -0.05) is 6.08 Å². The van der Waals surface area contributed by atoms with Crippen LogP contribution in [-0.2, 0) is 0 Å². The SMILES string of the molecule is C=C[C@H]1CC[C@@H](CN)CN1C(C)C. The lowest BCUT2D eigenvalue weighted by Crippen LogP contribution is -2.47. The molecule has 0 aliphatic carbocycles. The van der Waals surface area contributed by atoms with E-state index in [1.165, 1.54) is 12.8 Å². The summed E-state index contributed by atoms with van der Waals surface area (Å²) in [6, 6.07) is 1.18. The first-order valence-electron chi connectivity index (χ1n) is 5.27. The van der Waals surface area contributed by atoms with E-state index in [1.54, 1.807) is 0 Å². The third-order valence-corrected chi connectivity index (χ3v) is 3.03. The highest BCUT2D eigenvalue weighted by atomic mass is 15.2. The van der Waals surface area contributed by atoms with Gasteiger partial charge in [-0.25, -0.2) is 0 Å². The summed E-state index contributed by atoms with van der Waals surface area (Å²) in [6.07, 6.45) is 4.56. The van der Waals surface area contributed by atoms with Gasteiger partial charge < -0.3 is 5.73 Å². The maximum Gasteiger partial charge on any atom is 0.0278 e. The molecule has 0 aromatic heterocycles. The van der Waals surface area contributed by atoms with Crippen molar-refractivity contribution >= 4 is 0 Å². The Labute approximate surface area is 81.8 Å². The van der Waals surface area contributed by atoms with E-state index in [9.17, 15) is 0 Å². The summed E-state index contributed by atoms with van der Waals surface area (Å²) < 4.78 is 0. The molecule has 0 aromatic carbocycles. The van der Waals surface area contributed by atoms with Gasteiger partial charge in [0.05, 0.1) is 0 Å². The molecule has 0 amide bonds. The number of hydrogen-bond acceptors (Lipinski definition) is 2. The second-order valence-corrected chi connectivity index (χ2v) is 4.27. The van der Waals surface area contributed by atoms with Crippen molar-refractivity contribution in [1.82, 2.24) is 4.90 Å². The molecule has 1 saturated heterocycles. The summed E-state index contributed by atoms with van der Waals surface area (Å²) >= 11 is 0. The van der Waals surface area contributed by atoms with Gasteiger partial charge >= 0.3 is 0 Å². The fraction of sp³-hybridized carbons (Fsp3) is 0.818. The van der Waals surface area contributed by atoms with Crippen molar-refractivity contribution in [3.63, 3.8) is 0 Å². The van der Waals surface area contributed by atoms with E-state index < -0.39 is 0 Å². The van der Waals surface area contributed by atoms with Crippen LogP contribution >= 0.6 is 0 Å². The fourth-order valence-electron chi connectivity index (χ4n) is 2.14. The molecule has 0 aromatic rings. The lowest BCUT2D eigenvalue weighted by atomic mass is 9.92. The lowest BCUT2D eigenvalue weighted by molar-refractivity contribution is 0.104. The van der Waals surface area contributed by atoms with E-state index in [0.29, 0.717) is 18.0 Å². The Morgan fingerprint density at radius 3 is 2.69 bits per heavy atom. The van der Waals surface area contributed by atoms with Crippen molar-refractivity contribution in [2.45, 2.75) is 38.8 Å². The number of rotatable bonds is 3. The Hall–Kier alpha value is -0.340. The minimum atomic E-state index is 0.572. The molecule has 0 radical (unpaired) electrons. The molecule has 1 aliphatic heterocycles. The van der Waals surface area contributed by atoms with Crippen LogP contribution in [0, 0.1) is 5.92 Å². The lowest BCUT2D eigenvalue weighted by Gasteiger charge is -2.40. The molecule has 1 fully saturated rings. The predicted octanol–water partition coefficient (Wildman–Crippen LogP) is 1.62. The van der Waals surface area contributed by atoms with Crippen molar-refractivity contribution < 1.29 is 0 Å². The van der Waals surface area contributed by atoms with Gasteiger partial charge in [-0.3, -0.25) is 4.90 Å².